The van der Waals surface area contributed by atoms with Gasteiger partial charge in [0.15, 0.2) is 0 Å². The first kappa shape index (κ1) is 16.9. The largest absolute Gasteiger partial charge is 0.480 e. The number of hydrogen-bond acceptors (Lipinski definition) is 4. The number of carboxylic acid groups (broad SMARTS) is 1. The summed E-state index contributed by atoms with van der Waals surface area (Å²) in [4.78, 5) is 15.6. The van der Waals surface area contributed by atoms with Crippen molar-refractivity contribution in [1.82, 2.24) is 4.98 Å². The van der Waals surface area contributed by atoms with E-state index >= 15 is 0 Å². The lowest BCUT2D eigenvalue weighted by molar-refractivity contribution is -0.138. The number of nitrogens with one attached hydrogen (secondary N) is 1. The molecule has 4 N–H and O–H groups in total. The summed E-state index contributed by atoms with van der Waals surface area (Å²) in [7, 11) is 0. The lowest BCUT2D eigenvalue weighted by Gasteiger charge is -2.12. The Morgan fingerprint density at radius 2 is 1.92 bits per heavy atom. The minimum atomic E-state index is -0.991. The first-order valence-corrected chi connectivity index (χ1v) is 8.30. The van der Waals surface area contributed by atoms with Gasteiger partial charge in [-0.05, 0) is 42.0 Å². The van der Waals surface area contributed by atoms with Gasteiger partial charge in [-0.25, -0.2) is 4.98 Å². The summed E-state index contributed by atoms with van der Waals surface area (Å²) in [5, 5.41) is 14.5. The number of pyridine rings is 1. The molecular formula is C20H21N3O2. The highest BCUT2D eigenvalue weighted by molar-refractivity contribution is 5.93. The number of carboxylic acids is 1. The SMILES string of the molecule is CCc1cc2ccccc2c(Nc2ccc(CC(N)C(=O)O)cc2)n1. The second-order valence-corrected chi connectivity index (χ2v) is 6.01. The fourth-order valence-corrected chi connectivity index (χ4v) is 2.73. The van der Waals surface area contributed by atoms with E-state index < -0.39 is 12.0 Å². The molecule has 25 heavy (non-hydrogen) atoms. The molecule has 0 amide bonds. The van der Waals surface area contributed by atoms with E-state index in [-0.39, 0.29) is 0 Å². The van der Waals surface area contributed by atoms with Crippen LogP contribution < -0.4 is 11.1 Å². The van der Waals surface area contributed by atoms with Crippen LogP contribution in [-0.2, 0) is 17.6 Å². The molecule has 1 aromatic heterocycles. The van der Waals surface area contributed by atoms with Gasteiger partial charge in [-0.3, -0.25) is 4.79 Å². The summed E-state index contributed by atoms with van der Waals surface area (Å²) in [6.45, 7) is 2.08. The number of carbonyl (C=O) groups is 1. The number of hydrogen-bond donors (Lipinski definition) is 3. The molecule has 2 aromatic carbocycles. The molecule has 1 heterocycles. The van der Waals surface area contributed by atoms with Crippen LogP contribution in [0.3, 0.4) is 0 Å². The Labute approximate surface area is 146 Å². The van der Waals surface area contributed by atoms with Gasteiger partial charge < -0.3 is 16.2 Å². The summed E-state index contributed by atoms with van der Waals surface area (Å²) in [6, 6.07) is 17.0. The lowest BCUT2D eigenvalue weighted by Crippen LogP contribution is -2.32. The van der Waals surface area contributed by atoms with E-state index in [1.807, 2.05) is 42.5 Å². The molecule has 0 aliphatic heterocycles. The normalized spacial score (nSPS) is 12.1. The average molecular weight is 335 g/mol. The minimum Gasteiger partial charge on any atom is -0.480 e. The van der Waals surface area contributed by atoms with Crippen molar-refractivity contribution in [1.29, 1.82) is 0 Å². The highest BCUT2D eigenvalue weighted by Gasteiger charge is 2.12. The Balaban J connectivity index is 1.85. The molecule has 0 aliphatic carbocycles. The Morgan fingerprint density at radius 1 is 1.20 bits per heavy atom. The van der Waals surface area contributed by atoms with Gasteiger partial charge >= 0.3 is 5.97 Å². The maximum atomic E-state index is 10.9. The molecule has 5 heteroatoms. The zero-order valence-electron chi connectivity index (χ0n) is 14.1. The fraction of sp³-hybridized carbons (Fsp3) is 0.200. The van der Waals surface area contributed by atoms with E-state index in [1.165, 1.54) is 0 Å². The van der Waals surface area contributed by atoms with E-state index in [1.54, 1.807) is 0 Å². The Morgan fingerprint density at radius 3 is 2.60 bits per heavy atom. The lowest BCUT2D eigenvalue weighted by atomic mass is 10.1. The van der Waals surface area contributed by atoms with Crippen LogP contribution in [0.1, 0.15) is 18.2 Å². The second kappa shape index (κ2) is 7.32. The standard InChI is InChI=1S/C20H21N3O2/c1-2-15-12-14-5-3-4-6-17(14)19(22-15)23-16-9-7-13(8-10-16)11-18(21)20(24)25/h3-10,12,18H,2,11,21H2,1H3,(H,22,23)(H,24,25). The van der Waals surface area contributed by atoms with E-state index in [2.05, 4.69) is 24.4 Å². The zero-order valence-corrected chi connectivity index (χ0v) is 14.1. The summed E-state index contributed by atoms with van der Waals surface area (Å²) >= 11 is 0. The molecule has 0 spiro atoms. The van der Waals surface area contributed by atoms with Gasteiger partial charge in [0.1, 0.15) is 11.9 Å². The number of aromatic nitrogens is 1. The third kappa shape index (κ3) is 3.95. The van der Waals surface area contributed by atoms with Crippen molar-refractivity contribution in [3.8, 4) is 0 Å². The maximum Gasteiger partial charge on any atom is 0.320 e. The number of nitrogens with zero attached hydrogens (tertiary/aromatic N) is 1. The molecule has 3 rings (SSSR count). The molecule has 5 nitrogen and oxygen atoms in total. The first-order chi connectivity index (χ1) is 12.1. The van der Waals surface area contributed by atoms with Crippen molar-refractivity contribution in [2.45, 2.75) is 25.8 Å². The number of rotatable bonds is 6. The summed E-state index contributed by atoms with van der Waals surface area (Å²) in [5.74, 6) is -0.167. The van der Waals surface area contributed by atoms with Gasteiger partial charge in [0, 0.05) is 16.8 Å². The van der Waals surface area contributed by atoms with Crippen molar-refractivity contribution in [3.63, 3.8) is 0 Å². The third-order valence-corrected chi connectivity index (χ3v) is 4.15. The number of fused-ring (bicyclic) bond motifs is 1. The number of anilines is 2. The predicted molar refractivity (Wildman–Crippen MR) is 100 cm³/mol. The Hall–Kier alpha value is -2.92. The molecule has 1 atom stereocenters. The molecule has 128 valence electrons. The number of aliphatic carboxylic acids is 1. The van der Waals surface area contributed by atoms with Crippen LogP contribution in [0.25, 0.3) is 10.8 Å². The quantitative estimate of drug-likeness (QED) is 0.642. The summed E-state index contributed by atoms with van der Waals surface area (Å²) in [6.07, 6.45) is 1.17. The molecule has 0 aliphatic rings. The van der Waals surface area contributed by atoms with Gasteiger partial charge in [0.25, 0.3) is 0 Å². The summed E-state index contributed by atoms with van der Waals surface area (Å²) in [5.41, 5.74) is 8.40. The molecule has 0 bridgehead atoms. The van der Waals surface area contributed by atoms with Crippen molar-refractivity contribution >= 4 is 28.2 Å². The predicted octanol–water partition coefficient (Wildman–Crippen LogP) is 3.50. The van der Waals surface area contributed by atoms with Gasteiger partial charge in [-0.15, -0.1) is 0 Å². The van der Waals surface area contributed by atoms with Crippen LogP contribution in [0, 0.1) is 0 Å². The van der Waals surface area contributed by atoms with Crippen molar-refractivity contribution in [3.05, 3.63) is 65.9 Å². The summed E-state index contributed by atoms with van der Waals surface area (Å²) < 4.78 is 0. The van der Waals surface area contributed by atoms with Crippen LogP contribution >= 0.6 is 0 Å². The second-order valence-electron chi connectivity index (χ2n) is 6.01. The van der Waals surface area contributed by atoms with Crippen LogP contribution in [0.2, 0.25) is 0 Å². The van der Waals surface area contributed by atoms with Crippen LogP contribution in [-0.4, -0.2) is 22.1 Å². The topological polar surface area (TPSA) is 88.2 Å². The third-order valence-electron chi connectivity index (χ3n) is 4.15. The molecule has 0 radical (unpaired) electrons. The number of nitrogens with two attached hydrogens (primary N) is 1. The zero-order chi connectivity index (χ0) is 17.8. The average Bonchev–Trinajstić information content (AvgIpc) is 2.63. The minimum absolute atomic E-state index is 0.308. The highest BCUT2D eigenvalue weighted by atomic mass is 16.4. The van der Waals surface area contributed by atoms with Crippen molar-refractivity contribution in [2.24, 2.45) is 5.73 Å². The van der Waals surface area contributed by atoms with E-state index in [0.29, 0.717) is 6.42 Å². The van der Waals surface area contributed by atoms with Crippen LogP contribution in [0.4, 0.5) is 11.5 Å². The van der Waals surface area contributed by atoms with Gasteiger partial charge in [-0.2, -0.15) is 0 Å². The van der Waals surface area contributed by atoms with Gasteiger partial charge in [-0.1, -0.05) is 43.3 Å². The Kier molecular flexibility index (Phi) is 4.95. The fourth-order valence-electron chi connectivity index (χ4n) is 2.73. The molecule has 1 unspecified atom stereocenters. The number of aryl methyl sites for hydroxylation is 1. The van der Waals surface area contributed by atoms with Crippen molar-refractivity contribution in [2.75, 3.05) is 5.32 Å². The Bertz CT molecular complexity index is 891. The van der Waals surface area contributed by atoms with Crippen LogP contribution in [0.15, 0.2) is 54.6 Å². The molecule has 0 fully saturated rings. The van der Waals surface area contributed by atoms with E-state index in [0.717, 1.165) is 40.0 Å². The van der Waals surface area contributed by atoms with Gasteiger partial charge in [0.2, 0.25) is 0 Å². The molecular weight excluding hydrogens is 314 g/mol. The van der Waals surface area contributed by atoms with Gasteiger partial charge in [0.05, 0.1) is 0 Å². The monoisotopic (exact) mass is 335 g/mol. The van der Waals surface area contributed by atoms with E-state index in [4.69, 9.17) is 15.8 Å². The smallest absolute Gasteiger partial charge is 0.320 e. The van der Waals surface area contributed by atoms with Crippen LogP contribution in [0.5, 0.6) is 0 Å². The maximum absolute atomic E-state index is 10.9. The van der Waals surface area contributed by atoms with E-state index in [9.17, 15) is 4.79 Å². The highest BCUT2D eigenvalue weighted by Crippen LogP contribution is 2.26. The molecule has 0 saturated carbocycles. The molecule has 3 aromatic rings. The van der Waals surface area contributed by atoms with Crippen molar-refractivity contribution < 1.29 is 9.90 Å². The first-order valence-electron chi connectivity index (χ1n) is 8.30. The molecule has 0 saturated heterocycles. The number of benzene rings is 2.